The van der Waals surface area contributed by atoms with Gasteiger partial charge in [0.05, 0.1) is 39.1 Å². The Bertz CT molecular complexity index is 1960. The van der Waals surface area contributed by atoms with Crippen molar-refractivity contribution in [3.63, 3.8) is 0 Å². The molecule has 2 heterocycles. The topological polar surface area (TPSA) is 224 Å². The second-order valence-corrected chi connectivity index (χ2v) is 16.7. The molecule has 1 unspecified atom stereocenters. The van der Waals surface area contributed by atoms with E-state index in [-0.39, 0.29) is 26.4 Å². The van der Waals surface area contributed by atoms with E-state index in [0.717, 1.165) is 16.7 Å². The predicted molar refractivity (Wildman–Crippen MR) is 205 cm³/mol. The lowest BCUT2D eigenvalue weighted by molar-refractivity contribution is -0.320. The minimum Gasteiger partial charge on any atom is -0.394 e. The van der Waals surface area contributed by atoms with Gasteiger partial charge in [-0.25, -0.2) is 9.13 Å². The molecule has 4 aromatic rings. The van der Waals surface area contributed by atoms with Gasteiger partial charge in [0, 0.05) is 0 Å². The van der Waals surface area contributed by atoms with Gasteiger partial charge in [-0.05, 0) is 22.3 Å². The zero-order valence-electron chi connectivity index (χ0n) is 31.2. The molecule has 0 spiro atoms. The van der Waals surface area contributed by atoms with Crippen molar-refractivity contribution in [2.75, 3.05) is 6.61 Å². The molecule has 1 saturated carbocycles. The summed E-state index contributed by atoms with van der Waals surface area (Å²) >= 11 is 0. The fraction of sp³-hybridized carbons (Fsp3) is 0.400. The Labute approximate surface area is 335 Å². The van der Waals surface area contributed by atoms with Crippen LogP contribution in [0.5, 0.6) is 0 Å². The Kier molecular flexibility index (Phi) is 14.4. The molecule has 3 aliphatic rings. The minimum atomic E-state index is -5.17. The third-order valence-corrected chi connectivity index (χ3v) is 11.6. The fourth-order valence-electron chi connectivity index (χ4n) is 7.33. The highest BCUT2D eigenvalue weighted by atomic mass is 31.2. The van der Waals surface area contributed by atoms with E-state index < -0.39 is 89.5 Å². The van der Waals surface area contributed by atoms with Crippen molar-refractivity contribution in [3.05, 3.63) is 144 Å². The Morgan fingerprint density at radius 2 is 0.966 bits per heavy atom. The van der Waals surface area contributed by atoms with Gasteiger partial charge in [0.25, 0.3) is 0 Å². The highest BCUT2D eigenvalue weighted by Gasteiger charge is 2.63. The van der Waals surface area contributed by atoms with Crippen molar-refractivity contribution in [1.82, 2.24) is 0 Å². The summed E-state index contributed by atoms with van der Waals surface area (Å²) < 4.78 is 80.8. The van der Waals surface area contributed by atoms with E-state index in [0.29, 0.717) is 5.56 Å². The summed E-state index contributed by atoms with van der Waals surface area (Å²) in [5.74, 6) is 0. The summed E-state index contributed by atoms with van der Waals surface area (Å²) in [6.07, 6.45) is -12.9. The Balaban J connectivity index is 1.25. The number of aliphatic hydroxyl groups is 1. The average molecular weight is 844 g/mol. The molecular formula is C40H47NO15P2. The molecule has 16 nitrogen and oxygen atoms in total. The van der Waals surface area contributed by atoms with Crippen LogP contribution in [0, 0.1) is 0 Å². The van der Waals surface area contributed by atoms with E-state index in [9.17, 15) is 28.9 Å². The third kappa shape index (κ3) is 10.9. The monoisotopic (exact) mass is 843 g/mol. The second-order valence-electron chi connectivity index (χ2n) is 14.1. The van der Waals surface area contributed by atoms with Gasteiger partial charge in [0.1, 0.15) is 54.9 Å². The van der Waals surface area contributed by atoms with Crippen LogP contribution in [-0.4, -0.2) is 93.7 Å². The van der Waals surface area contributed by atoms with Gasteiger partial charge < -0.3 is 53.9 Å². The van der Waals surface area contributed by atoms with Crippen LogP contribution >= 0.6 is 15.6 Å². The Hall–Kier alpha value is -3.22. The maximum absolute atomic E-state index is 13.3. The van der Waals surface area contributed by atoms with Gasteiger partial charge in [-0.1, -0.05) is 121 Å². The SMILES string of the molecule is N[C@H]1[C@@H](O[C@@H]2[C@@H](OCc3ccccc3)[C@H](OCc3ccccc3)[C@@H](OCc3ccccc3)[C@H]3OP(=O)(O)O[C@@H]23)O[C@H](CO)[C@@H](OP(=O)(O)O)[C@@H]1OCc1ccccc1. The fourth-order valence-corrected chi connectivity index (χ4v) is 9.05. The maximum atomic E-state index is 13.3. The van der Waals surface area contributed by atoms with Crippen molar-refractivity contribution in [1.29, 1.82) is 0 Å². The molecule has 58 heavy (non-hydrogen) atoms. The number of hydrogen-bond acceptors (Lipinski definition) is 13. The first kappa shape index (κ1) is 42.9. The molecule has 7 rings (SSSR count). The summed E-state index contributed by atoms with van der Waals surface area (Å²) in [5, 5.41) is 10.5. The van der Waals surface area contributed by atoms with Gasteiger partial charge in [0.2, 0.25) is 0 Å². The number of nitrogens with two attached hydrogens (primary N) is 1. The molecule has 18 heteroatoms. The van der Waals surface area contributed by atoms with E-state index in [1.54, 1.807) is 24.3 Å². The molecular weight excluding hydrogens is 796 g/mol. The average Bonchev–Trinajstić information content (AvgIpc) is 3.55. The van der Waals surface area contributed by atoms with Crippen LogP contribution in [0.4, 0.5) is 0 Å². The number of rotatable bonds is 17. The van der Waals surface area contributed by atoms with Crippen LogP contribution in [0.1, 0.15) is 22.3 Å². The van der Waals surface area contributed by atoms with E-state index >= 15 is 0 Å². The quantitative estimate of drug-likeness (QED) is 0.0943. The Morgan fingerprint density at radius 1 is 0.586 bits per heavy atom. The van der Waals surface area contributed by atoms with Gasteiger partial charge in [-0.15, -0.1) is 0 Å². The number of fused-ring (bicyclic) bond motifs is 1. The molecule has 2 saturated heterocycles. The number of benzene rings is 4. The van der Waals surface area contributed by atoms with Crippen LogP contribution < -0.4 is 5.73 Å². The van der Waals surface area contributed by atoms with E-state index in [4.69, 9.17) is 47.7 Å². The molecule has 0 bridgehead atoms. The second kappa shape index (κ2) is 19.4. The smallest absolute Gasteiger partial charge is 0.394 e. The van der Waals surface area contributed by atoms with E-state index in [1.165, 1.54) is 0 Å². The lowest BCUT2D eigenvalue weighted by Crippen LogP contribution is -2.69. The van der Waals surface area contributed by atoms with Crippen LogP contribution in [0.25, 0.3) is 0 Å². The van der Waals surface area contributed by atoms with Crippen molar-refractivity contribution < 1.29 is 70.9 Å². The van der Waals surface area contributed by atoms with Crippen LogP contribution in [0.3, 0.4) is 0 Å². The number of phosphoric acid groups is 2. The van der Waals surface area contributed by atoms with Gasteiger partial charge in [0.15, 0.2) is 6.29 Å². The van der Waals surface area contributed by atoms with Crippen molar-refractivity contribution in [3.8, 4) is 0 Å². The summed E-state index contributed by atoms with van der Waals surface area (Å²) in [4.78, 5) is 30.5. The van der Waals surface area contributed by atoms with Crippen LogP contribution in [0.2, 0.25) is 0 Å². The maximum Gasteiger partial charge on any atom is 0.473 e. The first-order valence-electron chi connectivity index (χ1n) is 18.7. The predicted octanol–water partition coefficient (Wildman–Crippen LogP) is 4.13. The lowest BCUT2D eigenvalue weighted by Gasteiger charge is -2.49. The largest absolute Gasteiger partial charge is 0.473 e. The highest BCUT2D eigenvalue weighted by molar-refractivity contribution is 7.47. The highest BCUT2D eigenvalue weighted by Crippen LogP contribution is 2.57. The van der Waals surface area contributed by atoms with Gasteiger partial charge in [-0.3, -0.25) is 13.6 Å². The Morgan fingerprint density at radius 3 is 1.38 bits per heavy atom. The molecule has 0 aromatic heterocycles. The van der Waals surface area contributed by atoms with Gasteiger partial charge >= 0.3 is 15.6 Å². The van der Waals surface area contributed by atoms with E-state index in [2.05, 4.69) is 0 Å². The van der Waals surface area contributed by atoms with Gasteiger partial charge in [-0.2, -0.15) is 0 Å². The molecule has 0 radical (unpaired) electrons. The summed E-state index contributed by atoms with van der Waals surface area (Å²) in [6.45, 7) is -0.646. The molecule has 1 aliphatic carbocycles. The molecule has 3 fully saturated rings. The van der Waals surface area contributed by atoms with Crippen molar-refractivity contribution >= 4 is 15.6 Å². The molecule has 4 aromatic carbocycles. The molecule has 312 valence electrons. The first-order chi connectivity index (χ1) is 28.0. The molecule has 0 amide bonds. The number of hydrogen-bond donors (Lipinski definition) is 5. The minimum absolute atomic E-state index is 0.0366. The lowest BCUT2D eigenvalue weighted by atomic mass is 9.83. The van der Waals surface area contributed by atoms with Crippen molar-refractivity contribution in [2.24, 2.45) is 5.73 Å². The number of ether oxygens (including phenoxy) is 6. The van der Waals surface area contributed by atoms with E-state index in [1.807, 2.05) is 97.1 Å². The standard InChI is InChI=1S/C40H47NO15P2/c41-31-33(48-22-26-13-5-1-6-14-26)32(54-57(43,44)45)30(21-42)52-40(31)53-37-35(50-24-28-17-9-3-10-18-28)34(49-23-27-15-7-2-8-16-27)36(38-39(37)56-58(46,47)55-38)51-25-29-19-11-4-12-20-29/h1-20,30-40,42H,21-25,41H2,(H,46,47)(H2,43,44,45)/t30-,31-,32-,33-,34+,35+,36-,37-,38-,39+,40-/m1/s1. The zero-order valence-corrected chi connectivity index (χ0v) is 33.0. The summed E-state index contributed by atoms with van der Waals surface area (Å²) in [6, 6.07) is 35.6. The summed E-state index contributed by atoms with van der Waals surface area (Å²) in [5.41, 5.74) is 9.92. The zero-order chi connectivity index (χ0) is 40.7. The summed E-state index contributed by atoms with van der Waals surface area (Å²) in [7, 11) is -9.88. The van der Waals surface area contributed by atoms with Crippen LogP contribution in [-0.2, 0) is 77.6 Å². The normalized spacial score (nSPS) is 32.5. The molecule has 2 aliphatic heterocycles. The third-order valence-electron chi connectivity index (χ3n) is 10.0. The van der Waals surface area contributed by atoms with Crippen LogP contribution in [0.15, 0.2) is 121 Å². The molecule has 6 N–H and O–H groups in total. The first-order valence-corrected chi connectivity index (χ1v) is 21.7. The van der Waals surface area contributed by atoms with Crippen molar-refractivity contribution in [2.45, 2.75) is 93.7 Å². The number of aliphatic hydroxyl groups excluding tert-OH is 1. The molecule has 12 atom stereocenters. The number of phosphoric ester groups is 2.